The van der Waals surface area contributed by atoms with Crippen LogP contribution in [-0.4, -0.2) is 48.3 Å². The van der Waals surface area contributed by atoms with Crippen LogP contribution in [0.4, 0.5) is 0 Å². The molecule has 0 spiro atoms. The Bertz CT molecular complexity index is 153. The maximum atomic E-state index is 9.67. The third-order valence-electron chi connectivity index (χ3n) is 2.52. The topological polar surface area (TPSA) is 35.5 Å². The molecule has 1 fully saturated rings. The second kappa shape index (κ2) is 4.40. The number of hydrogen-bond donors (Lipinski definition) is 2. The Balaban J connectivity index is 2.34. The van der Waals surface area contributed by atoms with Gasteiger partial charge in [-0.3, -0.25) is 4.90 Å². The third-order valence-corrected chi connectivity index (χ3v) is 2.52. The number of piperidine rings is 1. The molecule has 3 nitrogen and oxygen atoms in total. The summed E-state index contributed by atoms with van der Waals surface area (Å²) >= 11 is 0. The highest BCUT2D eigenvalue weighted by Gasteiger charge is 2.23. The van der Waals surface area contributed by atoms with E-state index in [0.29, 0.717) is 6.04 Å². The van der Waals surface area contributed by atoms with Gasteiger partial charge in [0.15, 0.2) is 0 Å². The number of likely N-dealkylation sites (N-methyl/N-ethyl adjacent to an activating group) is 1. The summed E-state index contributed by atoms with van der Waals surface area (Å²) in [6.07, 6.45) is 2.50. The Hall–Kier alpha value is -0.120. The van der Waals surface area contributed by atoms with Crippen LogP contribution in [0.15, 0.2) is 0 Å². The van der Waals surface area contributed by atoms with Crippen molar-refractivity contribution in [2.24, 2.45) is 0 Å². The van der Waals surface area contributed by atoms with E-state index in [9.17, 15) is 5.11 Å². The minimum Gasteiger partial charge on any atom is -0.389 e. The zero-order valence-corrected chi connectivity index (χ0v) is 9.01. The SMILES string of the molecule is CNC1CCCN(CC(C)(C)O)C1. The molecule has 1 unspecified atom stereocenters. The molecule has 0 saturated carbocycles. The minimum absolute atomic E-state index is 0.560. The van der Waals surface area contributed by atoms with Gasteiger partial charge < -0.3 is 10.4 Å². The summed E-state index contributed by atoms with van der Waals surface area (Å²) in [5.74, 6) is 0. The van der Waals surface area contributed by atoms with Gasteiger partial charge in [0, 0.05) is 19.1 Å². The quantitative estimate of drug-likeness (QED) is 0.671. The van der Waals surface area contributed by atoms with Crippen molar-refractivity contribution in [1.82, 2.24) is 10.2 Å². The van der Waals surface area contributed by atoms with Crippen molar-refractivity contribution in [3.05, 3.63) is 0 Å². The van der Waals surface area contributed by atoms with E-state index in [4.69, 9.17) is 0 Å². The van der Waals surface area contributed by atoms with Crippen LogP contribution in [-0.2, 0) is 0 Å². The highest BCUT2D eigenvalue weighted by Crippen LogP contribution is 2.13. The second-order valence-corrected chi connectivity index (χ2v) is 4.68. The number of β-amino-alcohol motifs (C(OH)–C–C–N with tert-alkyl or cyclic N) is 1. The summed E-state index contributed by atoms with van der Waals surface area (Å²) in [5.41, 5.74) is -0.560. The molecule has 0 aliphatic carbocycles. The van der Waals surface area contributed by atoms with Crippen LogP contribution in [0.2, 0.25) is 0 Å². The van der Waals surface area contributed by atoms with Gasteiger partial charge in [-0.15, -0.1) is 0 Å². The maximum absolute atomic E-state index is 9.67. The predicted octanol–water partition coefficient (Wildman–Crippen LogP) is 0.441. The molecule has 0 bridgehead atoms. The summed E-state index contributed by atoms with van der Waals surface area (Å²) in [4.78, 5) is 2.34. The molecule has 1 aliphatic rings. The van der Waals surface area contributed by atoms with Crippen LogP contribution in [0.25, 0.3) is 0 Å². The number of rotatable bonds is 3. The van der Waals surface area contributed by atoms with Crippen molar-refractivity contribution in [2.75, 3.05) is 26.7 Å². The average molecular weight is 186 g/mol. The standard InChI is InChI=1S/C10H22N2O/c1-10(2,13)8-12-6-4-5-9(7-12)11-3/h9,11,13H,4-8H2,1-3H3. The van der Waals surface area contributed by atoms with E-state index >= 15 is 0 Å². The van der Waals surface area contributed by atoms with Gasteiger partial charge in [0.2, 0.25) is 0 Å². The molecular weight excluding hydrogens is 164 g/mol. The smallest absolute Gasteiger partial charge is 0.0718 e. The summed E-state index contributed by atoms with van der Waals surface area (Å²) < 4.78 is 0. The number of aliphatic hydroxyl groups is 1. The van der Waals surface area contributed by atoms with Gasteiger partial charge in [0.25, 0.3) is 0 Å². The summed E-state index contributed by atoms with van der Waals surface area (Å²) in [6.45, 7) is 6.72. The van der Waals surface area contributed by atoms with E-state index in [2.05, 4.69) is 10.2 Å². The molecule has 0 aromatic heterocycles. The van der Waals surface area contributed by atoms with Crippen molar-refractivity contribution in [3.63, 3.8) is 0 Å². The summed E-state index contributed by atoms with van der Waals surface area (Å²) in [7, 11) is 2.01. The Kier molecular flexibility index (Phi) is 3.71. The fourth-order valence-corrected chi connectivity index (χ4v) is 1.98. The molecule has 0 aromatic carbocycles. The van der Waals surface area contributed by atoms with Crippen LogP contribution < -0.4 is 5.32 Å². The lowest BCUT2D eigenvalue weighted by Gasteiger charge is -2.35. The van der Waals surface area contributed by atoms with Crippen LogP contribution in [0.1, 0.15) is 26.7 Å². The number of nitrogens with zero attached hydrogens (tertiary/aromatic N) is 1. The van der Waals surface area contributed by atoms with E-state index in [1.54, 1.807) is 0 Å². The fourth-order valence-electron chi connectivity index (χ4n) is 1.98. The Morgan fingerprint density at radius 1 is 1.54 bits per heavy atom. The maximum Gasteiger partial charge on any atom is 0.0718 e. The molecule has 3 heteroatoms. The lowest BCUT2D eigenvalue weighted by Crippen LogP contribution is -2.48. The van der Waals surface area contributed by atoms with Gasteiger partial charge in [0.05, 0.1) is 5.60 Å². The summed E-state index contributed by atoms with van der Waals surface area (Å²) in [6, 6.07) is 0.607. The first-order valence-corrected chi connectivity index (χ1v) is 5.13. The van der Waals surface area contributed by atoms with Gasteiger partial charge >= 0.3 is 0 Å². The largest absolute Gasteiger partial charge is 0.389 e. The Morgan fingerprint density at radius 3 is 2.77 bits per heavy atom. The van der Waals surface area contributed by atoms with E-state index in [1.807, 2.05) is 20.9 Å². The zero-order chi connectivity index (χ0) is 9.90. The molecule has 13 heavy (non-hydrogen) atoms. The van der Waals surface area contributed by atoms with E-state index in [0.717, 1.165) is 19.6 Å². The zero-order valence-electron chi connectivity index (χ0n) is 9.01. The van der Waals surface area contributed by atoms with Crippen molar-refractivity contribution in [1.29, 1.82) is 0 Å². The molecular formula is C10H22N2O. The second-order valence-electron chi connectivity index (χ2n) is 4.68. The van der Waals surface area contributed by atoms with Crippen molar-refractivity contribution >= 4 is 0 Å². The fraction of sp³-hybridized carbons (Fsp3) is 1.00. The van der Waals surface area contributed by atoms with E-state index in [-0.39, 0.29) is 0 Å². The monoisotopic (exact) mass is 186 g/mol. The normalized spacial score (nSPS) is 26.3. The first-order chi connectivity index (χ1) is 6.01. The number of nitrogens with one attached hydrogen (secondary N) is 1. The van der Waals surface area contributed by atoms with Crippen molar-refractivity contribution in [2.45, 2.75) is 38.3 Å². The van der Waals surface area contributed by atoms with E-state index < -0.39 is 5.60 Å². The number of hydrogen-bond acceptors (Lipinski definition) is 3. The molecule has 1 saturated heterocycles. The van der Waals surface area contributed by atoms with Crippen molar-refractivity contribution < 1.29 is 5.11 Å². The molecule has 2 N–H and O–H groups in total. The van der Waals surface area contributed by atoms with Gasteiger partial charge in [0.1, 0.15) is 0 Å². The predicted molar refractivity (Wildman–Crippen MR) is 54.8 cm³/mol. The average Bonchev–Trinajstić information content (AvgIpc) is 2.01. The molecule has 78 valence electrons. The van der Waals surface area contributed by atoms with Gasteiger partial charge in [-0.2, -0.15) is 0 Å². The van der Waals surface area contributed by atoms with Gasteiger partial charge in [-0.25, -0.2) is 0 Å². The highest BCUT2D eigenvalue weighted by atomic mass is 16.3. The van der Waals surface area contributed by atoms with Crippen LogP contribution in [0.5, 0.6) is 0 Å². The van der Waals surface area contributed by atoms with Crippen LogP contribution in [0.3, 0.4) is 0 Å². The molecule has 1 rings (SSSR count). The first-order valence-electron chi connectivity index (χ1n) is 5.13. The third kappa shape index (κ3) is 4.07. The van der Waals surface area contributed by atoms with Crippen LogP contribution >= 0.6 is 0 Å². The Labute approximate surface area is 81.1 Å². The summed E-state index contributed by atoms with van der Waals surface area (Å²) in [5, 5.41) is 13.0. The van der Waals surface area contributed by atoms with Gasteiger partial charge in [-0.05, 0) is 40.3 Å². The molecule has 0 amide bonds. The Morgan fingerprint density at radius 2 is 2.23 bits per heavy atom. The lowest BCUT2D eigenvalue weighted by molar-refractivity contribution is 0.0258. The molecule has 0 radical (unpaired) electrons. The highest BCUT2D eigenvalue weighted by molar-refractivity contribution is 4.80. The molecule has 1 heterocycles. The van der Waals surface area contributed by atoms with Gasteiger partial charge in [-0.1, -0.05) is 0 Å². The minimum atomic E-state index is -0.560. The number of likely N-dealkylation sites (tertiary alicyclic amines) is 1. The first kappa shape index (κ1) is 11.0. The molecule has 0 aromatic rings. The van der Waals surface area contributed by atoms with E-state index in [1.165, 1.54) is 12.8 Å². The van der Waals surface area contributed by atoms with Crippen molar-refractivity contribution in [3.8, 4) is 0 Å². The lowest BCUT2D eigenvalue weighted by atomic mass is 10.0. The van der Waals surface area contributed by atoms with Crippen LogP contribution in [0, 0.1) is 0 Å². The molecule has 1 atom stereocenters. The molecule has 1 aliphatic heterocycles.